The molecule has 1 aromatic carbocycles. The minimum absolute atomic E-state index is 0.0417. The van der Waals surface area contributed by atoms with Crippen LogP contribution in [0.5, 0.6) is 0 Å². The van der Waals surface area contributed by atoms with Crippen LogP contribution in [0.25, 0.3) is 0 Å². The van der Waals surface area contributed by atoms with Crippen LogP contribution < -0.4 is 0 Å². The predicted molar refractivity (Wildman–Crippen MR) is 102 cm³/mol. The molecule has 1 N–H and O–H groups in total. The average Bonchev–Trinajstić information content (AvgIpc) is 2.57. The van der Waals surface area contributed by atoms with E-state index in [-0.39, 0.29) is 30.5 Å². The first kappa shape index (κ1) is 21.4. The molecule has 0 amide bonds. The topological polar surface area (TPSA) is 76.1 Å². The second kappa shape index (κ2) is 8.85. The molecule has 0 radical (unpaired) electrons. The molecular weight excluding hydrogens is 346 g/mol. The van der Waals surface area contributed by atoms with Crippen LogP contribution in [-0.4, -0.2) is 33.2 Å². The number of esters is 1. The van der Waals surface area contributed by atoms with Gasteiger partial charge in [-0.1, -0.05) is 24.3 Å². The van der Waals surface area contributed by atoms with E-state index in [1.165, 1.54) is 6.42 Å². The lowest BCUT2D eigenvalue weighted by Gasteiger charge is -2.51. The Labute approximate surface area is 161 Å². The summed E-state index contributed by atoms with van der Waals surface area (Å²) in [5.41, 5.74) is 1.74. The van der Waals surface area contributed by atoms with Gasteiger partial charge in [0.25, 0.3) is 0 Å². The minimum Gasteiger partial charge on any atom is -0.481 e. The Balaban J connectivity index is 1.99. The third-order valence-corrected chi connectivity index (χ3v) is 5.08. The Morgan fingerprint density at radius 2 is 1.56 bits per heavy atom. The Morgan fingerprint density at radius 1 is 1.00 bits per heavy atom. The molecule has 6 nitrogen and oxygen atoms in total. The normalized spacial score (nSPS) is 18.8. The summed E-state index contributed by atoms with van der Waals surface area (Å²) in [4.78, 5) is 28.5. The summed E-state index contributed by atoms with van der Waals surface area (Å²) in [5, 5.41) is 10.8. The zero-order valence-electron chi connectivity index (χ0n) is 16.8. The van der Waals surface area contributed by atoms with Gasteiger partial charge in [-0.3, -0.25) is 14.4 Å². The number of piperidine rings is 1. The van der Waals surface area contributed by atoms with Crippen molar-refractivity contribution in [3.05, 3.63) is 35.4 Å². The fraction of sp³-hybridized carbons (Fsp3) is 0.619. The largest absolute Gasteiger partial charge is 0.481 e. The van der Waals surface area contributed by atoms with Gasteiger partial charge >= 0.3 is 11.9 Å². The summed E-state index contributed by atoms with van der Waals surface area (Å²) in [5.74, 6) is -1.51. The molecule has 1 aliphatic heterocycles. The third kappa shape index (κ3) is 6.04. The molecule has 0 spiro atoms. The van der Waals surface area contributed by atoms with Gasteiger partial charge in [0, 0.05) is 11.1 Å². The van der Waals surface area contributed by atoms with E-state index in [0.717, 1.165) is 24.0 Å². The van der Waals surface area contributed by atoms with E-state index in [4.69, 9.17) is 14.7 Å². The first-order valence-corrected chi connectivity index (χ1v) is 9.49. The number of ether oxygens (including phenoxy) is 1. The Hall–Kier alpha value is -1.92. The van der Waals surface area contributed by atoms with Crippen molar-refractivity contribution in [2.75, 3.05) is 0 Å². The summed E-state index contributed by atoms with van der Waals surface area (Å²) in [7, 11) is 0. The van der Waals surface area contributed by atoms with E-state index in [1.807, 2.05) is 24.3 Å². The van der Waals surface area contributed by atoms with Crippen LogP contribution in [0.1, 0.15) is 70.9 Å². The molecule has 1 aromatic rings. The van der Waals surface area contributed by atoms with Gasteiger partial charge in [0.15, 0.2) is 0 Å². The van der Waals surface area contributed by atoms with Crippen molar-refractivity contribution < 1.29 is 24.3 Å². The van der Waals surface area contributed by atoms with Crippen molar-refractivity contribution in [2.45, 2.75) is 84.1 Å². The number of hydrogen-bond donors (Lipinski definition) is 1. The second-order valence-electron chi connectivity index (χ2n) is 8.37. The monoisotopic (exact) mass is 377 g/mol. The Kier molecular flexibility index (Phi) is 7.00. The number of aliphatic carboxylic acids is 1. The third-order valence-electron chi connectivity index (χ3n) is 5.08. The summed E-state index contributed by atoms with van der Waals surface area (Å²) in [6.45, 7) is 9.31. The minimum atomic E-state index is -1.01. The first-order chi connectivity index (χ1) is 12.6. The number of carbonyl (C=O) groups excluding carboxylic acids is 1. The maximum atomic E-state index is 11.7. The Morgan fingerprint density at radius 3 is 2.11 bits per heavy atom. The van der Waals surface area contributed by atoms with Gasteiger partial charge in [-0.15, -0.1) is 0 Å². The van der Waals surface area contributed by atoms with Gasteiger partial charge in [-0.25, -0.2) is 0 Å². The number of carboxylic acid groups (broad SMARTS) is 1. The van der Waals surface area contributed by atoms with Crippen LogP contribution in [0.3, 0.4) is 0 Å². The summed E-state index contributed by atoms with van der Waals surface area (Å²) in [6.07, 6.45) is 3.01. The van der Waals surface area contributed by atoms with Crippen LogP contribution >= 0.6 is 0 Å². The van der Waals surface area contributed by atoms with E-state index < -0.39 is 11.9 Å². The standard InChI is InChI=1S/C21H31NO5/c1-20(2)12-7-13-21(3,4)22(20)27-15-17-9-6-5-8-16(17)14-26-19(25)11-10-18(23)24/h5-6,8-9H,7,10-15H2,1-4H3,(H,23,24). The van der Waals surface area contributed by atoms with Crippen LogP contribution in [-0.2, 0) is 32.4 Å². The van der Waals surface area contributed by atoms with Gasteiger partial charge < -0.3 is 9.84 Å². The number of carboxylic acids is 1. The number of carbonyl (C=O) groups is 2. The highest BCUT2D eigenvalue weighted by atomic mass is 16.7. The molecule has 0 atom stereocenters. The van der Waals surface area contributed by atoms with E-state index in [2.05, 4.69) is 32.8 Å². The van der Waals surface area contributed by atoms with Gasteiger partial charge in [-0.2, -0.15) is 5.06 Å². The molecule has 0 aliphatic carbocycles. The molecule has 0 saturated carbocycles. The molecule has 27 heavy (non-hydrogen) atoms. The van der Waals surface area contributed by atoms with Gasteiger partial charge in [-0.05, 0) is 58.1 Å². The molecule has 1 saturated heterocycles. The summed E-state index contributed by atoms with van der Waals surface area (Å²) < 4.78 is 5.22. The number of rotatable bonds is 8. The van der Waals surface area contributed by atoms with Crippen LogP contribution in [0.15, 0.2) is 24.3 Å². The molecule has 0 aromatic heterocycles. The van der Waals surface area contributed by atoms with E-state index >= 15 is 0 Å². The van der Waals surface area contributed by atoms with Gasteiger partial charge in [0.1, 0.15) is 6.61 Å². The van der Waals surface area contributed by atoms with E-state index in [0.29, 0.717) is 6.61 Å². The quantitative estimate of drug-likeness (QED) is 0.688. The highest BCUT2D eigenvalue weighted by Gasteiger charge is 2.42. The molecule has 1 aliphatic rings. The SMILES string of the molecule is CC1(C)CCCC(C)(C)N1OCc1ccccc1COC(=O)CCC(=O)O. The fourth-order valence-electron chi connectivity index (χ4n) is 3.74. The van der Waals surface area contributed by atoms with Crippen molar-refractivity contribution >= 4 is 11.9 Å². The van der Waals surface area contributed by atoms with Crippen LogP contribution in [0, 0.1) is 0 Å². The van der Waals surface area contributed by atoms with Gasteiger partial charge in [0.05, 0.1) is 19.4 Å². The Bertz CT molecular complexity index is 652. The molecule has 150 valence electrons. The lowest BCUT2D eigenvalue weighted by atomic mass is 9.82. The maximum absolute atomic E-state index is 11.7. The highest BCUT2D eigenvalue weighted by Crippen LogP contribution is 2.38. The summed E-state index contributed by atoms with van der Waals surface area (Å²) in [6, 6.07) is 7.68. The number of benzene rings is 1. The van der Waals surface area contributed by atoms with Crippen molar-refractivity contribution in [3.63, 3.8) is 0 Å². The van der Waals surface area contributed by atoms with Crippen molar-refractivity contribution in [1.29, 1.82) is 0 Å². The van der Waals surface area contributed by atoms with Gasteiger partial charge in [0.2, 0.25) is 0 Å². The molecular formula is C21H31NO5. The predicted octanol–water partition coefficient (Wildman–Crippen LogP) is 4.07. The molecule has 2 rings (SSSR count). The van der Waals surface area contributed by atoms with Crippen molar-refractivity contribution in [1.82, 2.24) is 5.06 Å². The molecule has 0 bridgehead atoms. The zero-order chi connectivity index (χ0) is 20.1. The average molecular weight is 377 g/mol. The molecule has 0 unspecified atom stereocenters. The maximum Gasteiger partial charge on any atom is 0.306 e. The molecule has 6 heteroatoms. The molecule has 1 heterocycles. The first-order valence-electron chi connectivity index (χ1n) is 9.49. The second-order valence-corrected chi connectivity index (χ2v) is 8.37. The highest BCUT2D eigenvalue weighted by molar-refractivity contribution is 5.76. The number of hydroxylamine groups is 2. The lowest BCUT2D eigenvalue weighted by molar-refractivity contribution is -0.288. The fourth-order valence-corrected chi connectivity index (χ4v) is 3.74. The smallest absolute Gasteiger partial charge is 0.306 e. The van der Waals surface area contributed by atoms with E-state index in [9.17, 15) is 9.59 Å². The van der Waals surface area contributed by atoms with Crippen molar-refractivity contribution in [3.8, 4) is 0 Å². The van der Waals surface area contributed by atoms with Crippen LogP contribution in [0.2, 0.25) is 0 Å². The molecule has 1 fully saturated rings. The van der Waals surface area contributed by atoms with E-state index in [1.54, 1.807) is 0 Å². The number of hydrogen-bond acceptors (Lipinski definition) is 5. The summed E-state index contributed by atoms with van der Waals surface area (Å²) >= 11 is 0. The van der Waals surface area contributed by atoms with Crippen LogP contribution in [0.4, 0.5) is 0 Å². The zero-order valence-corrected chi connectivity index (χ0v) is 16.8. The lowest BCUT2D eigenvalue weighted by Crippen LogP contribution is -2.58. The number of nitrogens with zero attached hydrogens (tertiary/aromatic N) is 1. The van der Waals surface area contributed by atoms with Crippen molar-refractivity contribution in [2.24, 2.45) is 0 Å².